The summed E-state index contributed by atoms with van der Waals surface area (Å²) in [5, 5.41) is 5.39. The largest absolute Gasteiger partial charge is 0.472 e. The summed E-state index contributed by atoms with van der Waals surface area (Å²) in [6.07, 6.45) is 4.49. The first-order valence-corrected chi connectivity index (χ1v) is 6.39. The van der Waals surface area contributed by atoms with Crippen molar-refractivity contribution in [3.05, 3.63) is 45.0 Å². The molecule has 0 amide bonds. The first-order chi connectivity index (χ1) is 7.31. The molecule has 0 saturated heterocycles. The van der Waals surface area contributed by atoms with Gasteiger partial charge in [-0.3, -0.25) is 0 Å². The van der Waals surface area contributed by atoms with Gasteiger partial charge in [-0.05, 0) is 40.5 Å². The van der Waals surface area contributed by atoms with Gasteiger partial charge in [-0.15, -0.1) is 11.3 Å². The molecule has 0 bridgehead atoms. The highest BCUT2D eigenvalue weighted by Gasteiger charge is 2.13. The average Bonchev–Trinajstić information content (AvgIpc) is 2.86. The Bertz CT molecular complexity index is 410. The zero-order valence-electron chi connectivity index (χ0n) is 8.37. The van der Waals surface area contributed by atoms with E-state index in [2.05, 4.69) is 32.7 Å². The van der Waals surface area contributed by atoms with Crippen molar-refractivity contribution in [2.24, 2.45) is 0 Å². The van der Waals surface area contributed by atoms with Crippen LogP contribution in [-0.2, 0) is 6.42 Å². The minimum Gasteiger partial charge on any atom is -0.472 e. The van der Waals surface area contributed by atoms with Crippen LogP contribution in [0.5, 0.6) is 0 Å². The van der Waals surface area contributed by atoms with E-state index in [4.69, 9.17) is 4.42 Å². The number of nitrogens with one attached hydrogen (secondary N) is 1. The Morgan fingerprint density at radius 1 is 1.53 bits per heavy atom. The molecule has 0 spiro atoms. The van der Waals surface area contributed by atoms with Crippen LogP contribution in [0, 0.1) is 0 Å². The lowest BCUT2D eigenvalue weighted by Crippen LogP contribution is -2.17. The van der Waals surface area contributed by atoms with Gasteiger partial charge in [0.25, 0.3) is 0 Å². The maximum Gasteiger partial charge on any atom is 0.0950 e. The number of thiophene rings is 1. The lowest BCUT2D eigenvalue weighted by Gasteiger charge is -2.13. The Hall–Kier alpha value is -0.580. The molecule has 0 radical (unpaired) electrons. The third-order valence-electron chi connectivity index (χ3n) is 2.37. The molecule has 2 aromatic rings. The standard InChI is InChI=1S/C11H12BrNOS/c1-13-10(8-2-4-14-7-8)6-11-9(12)3-5-15-11/h2-5,7,10,13H,6H2,1H3. The van der Waals surface area contributed by atoms with Crippen molar-refractivity contribution in [1.82, 2.24) is 5.32 Å². The van der Waals surface area contributed by atoms with Crippen LogP contribution < -0.4 is 5.32 Å². The molecule has 0 aliphatic carbocycles. The van der Waals surface area contributed by atoms with Crippen LogP contribution in [0.1, 0.15) is 16.5 Å². The predicted octanol–water partition coefficient (Wildman–Crippen LogP) is 3.61. The first-order valence-electron chi connectivity index (χ1n) is 4.72. The lowest BCUT2D eigenvalue weighted by atomic mass is 10.1. The van der Waals surface area contributed by atoms with Gasteiger partial charge in [0.15, 0.2) is 0 Å². The molecule has 0 aliphatic heterocycles. The van der Waals surface area contributed by atoms with Gasteiger partial charge >= 0.3 is 0 Å². The Balaban J connectivity index is 2.13. The number of likely N-dealkylation sites (N-methyl/N-ethyl adjacent to an activating group) is 1. The summed E-state index contributed by atoms with van der Waals surface area (Å²) >= 11 is 5.32. The summed E-state index contributed by atoms with van der Waals surface area (Å²) in [6.45, 7) is 0. The molecule has 15 heavy (non-hydrogen) atoms. The molecule has 2 nitrogen and oxygen atoms in total. The SMILES string of the molecule is CNC(Cc1sccc1Br)c1ccoc1. The quantitative estimate of drug-likeness (QED) is 0.929. The van der Waals surface area contributed by atoms with E-state index in [0.717, 1.165) is 6.42 Å². The fraction of sp³-hybridized carbons (Fsp3) is 0.273. The van der Waals surface area contributed by atoms with Crippen molar-refractivity contribution in [2.45, 2.75) is 12.5 Å². The smallest absolute Gasteiger partial charge is 0.0950 e. The third kappa shape index (κ3) is 2.51. The Labute approximate surface area is 101 Å². The van der Waals surface area contributed by atoms with E-state index in [-0.39, 0.29) is 0 Å². The van der Waals surface area contributed by atoms with Crippen LogP contribution in [0.3, 0.4) is 0 Å². The fourth-order valence-corrected chi connectivity index (χ4v) is 3.08. The molecular formula is C11H12BrNOS. The van der Waals surface area contributed by atoms with Gasteiger partial charge in [-0.1, -0.05) is 0 Å². The van der Waals surface area contributed by atoms with Gasteiger partial charge in [-0.25, -0.2) is 0 Å². The zero-order valence-corrected chi connectivity index (χ0v) is 10.8. The van der Waals surface area contributed by atoms with E-state index in [0.29, 0.717) is 6.04 Å². The first kappa shape index (κ1) is 10.9. The normalized spacial score (nSPS) is 12.9. The van der Waals surface area contributed by atoms with Crippen LogP contribution in [0.4, 0.5) is 0 Å². The second-order valence-electron chi connectivity index (χ2n) is 3.29. The average molecular weight is 286 g/mol. The molecule has 0 fully saturated rings. The molecule has 2 aromatic heterocycles. The van der Waals surface area contributed by atoms with Crippen molar-refractivity contribution >= 4 is 27.3 Å². The molecule has 0 aromatic carbocycles. The highest BCUT2D eigenvalue weighted by atomic mass is 79.9. The van der Waals surface area contributed by atoms with Gasteiger partial charge in [0.2, 0.25) is 0 Å². The molecule has 0 aliphatic rings. The van der Waals surface area contributed by atoms with Gasteiger partial charge in [0.05, 0.1) is 12.5 Å². The number of rotatable bonds is 4. The summed E-state index contributed by atoms with van der Waals surface area (Å²) in [4.78, 5) is 1.36. The molecule has 2 heterocycles. The number of furan rings is 1. The molecule has 1 unspecified atom stereocenters. The molecule has 4 heteroatoms. The minimum atomic E-state index is 0.318. The van der Waals surface area contributed by atoms with Crippen LogP contribution >= 0.6 is 27.3 Å². The maximum absolute atomic E-state index is 5.10. The topological polar surface area (TPSA) is 25.2 Å². The predicted molar refractivity (Wildman–Crippen MR) is 66.2 cm³/mol. The van der Waals surface area contributed by atoms with Crippen molar-refractivity contribution in [1.29, 1.82) is 0 Å². The summed E-state index contributed by atoms with van der Waals surface area (Å²) in [7, 11) is 1.97. The molecule has 1 atom stereocenters. The highest BCUT2D eigenvalue weighted by Crippen LogP contribution is 2.28. The van der Waals surface area contributed by atoms with Crippen molar-refractivity contribution < 1.29 is 4.42 Å². The summed E-state index contributed by atoms with van der Waals surface area (Å²) < 4.78 is 6.29. The number of halogens is 1. The molecule has 0 saturated carbocycles. The van der Waals surface area contributed by atoms with E-state index in [1.165, 1.54) is 14.9 Å². The number of hydrogen-bond acceptors (Lipinski definition) is 3. The molecular weight excluding hydrogens is 274 g/mol. The van der Waals surface area contributed by atoms with E-state index in [1.807, 2.05) is 13.1 Å². The van der Waals surface area contributed by atoms with Crippen molar-refractivity contribution in [2.75, 3.05) is 7.05 Å². The maximum atomic E-state index is 5.10. The van der Waals surface area contributed by atoms with Crippen LogP contribution in [-0.4, -0.2) is 7.05 Å². The molecule has 80 valence electrons. The monoisotopic (exact) mass is 285 g/mol. The van der Waals surface area contributed by atoms with Crippen molar-refractivity contribution in [3.63, 3.8) is 0 Å². The van der Waals surface area contributed by atoms with Crippen LogP contribution in [0.15, 0.2) is 38.9 Å². The van der Waals surface area contributed by atoms with Crippen molar-refractivity contribution in [3.8, 4) is 0 Å². The molecule has 1 N–H and O–H groups in total. The molecule has 2 rings (SSSR count). The Morgan fingerprint density at radius 3 is 2.93 bits per heavy atom. The third-order valence-corrected chi connectivity index (χ3v) is 4.32. The van der Waals surface area contributed by atoms with E-state index < -0.39 is 0 Å². The lowest BCUT2D eigenvalue weighted by molar-refractivity contribution is 0.543. The van der Waals surface area contributed by atoms with E-state index in [1.54, 1.807) is 23.9 Å². The summed E-state index contributed by atoms with van der Waals surface area (Å²) in [6, 6.07) is 4.41. The minimum absolute atomic E-state index is 0.318. The number of hydrogen-bond donors (Lipinski definition) is 1. The van der Waals surface area contributed by atoms with Gasteiger partial charge in [0, 0.05) is 27.4 Å². The van der Waals surface area contributed by atoms with Gasteiger partial charge in [0.1, 0.15) is 0 Å². The zero-order chi connectivity index (χ0) is 10.7. The Kier molecular flexibility index (Phi) is 3.61. The second-order valence-corrected chi connectivity index (χ2v) is 5.15. The van der Waals surface area contributed by atoms with Gasteiger partial charge in [-0.2, -0.15) is 0 Å². The second kappa shape index (κ2) is 4.96. The van der Waals surface area contributed by atoms with E-state index in [9.17, 15) is 0 Å². The highest BCUT2D eigenvalue weighted by molar-refractivity contribution is 9.10. The summed E-state index contributed by atoms with van der Waals surface area (Å²) in [5.74, 6) is 0. The van der Waals surface area contributed by atoms with Crippen LogP contribution in [0.2, 0.25) is 0 Å². The van der Waals surface area contributed by atoms with Gasteiger partial charge < -0.3 is 9.73 Å². The summed E-state index contributed by atoms with van der Waals surface area (Å²) in [5.41, 5.74) is 1.19. The van der Waals surface area contributed by atoms with Crippen LogP contribution in [0.25, 0.3) is 0 Å². The van der Waals surface area contributed by atoms with E-state index >= 15 is 0 Å². The fourth-order valence-electron chi connectivity index (χ4n) is 1.52. The Morgan fingerprint density at radius 2 is 2.40 bits per heavy atom.